The van der Waals surface area contributed by atoms with Crippen LogP contribution in [-0.2, 0) is 0 Å². The van der Waals surface area contributed by atoms with E-state index in [2.05, 4.69) is 20.6 Å². The lowest BCUT2D eigenvalue weighted by molar-refractivity contribution is 0.400. The third-order valence-corrected chi connectivity index (χ3v) is 4.00. The van der Waals surface area contributed by atoms with Crippen molar-refractivity contribution in [2.24, 2.45) is 10.2 Å². The summed E-state index contributed by atoms with van der Waals surface area (Å²) < 4.78 is 0. The fourth-order valence-electron chi connectivity index (χ4n) is 1.86. The maximum Gasteiger partial charge on any atom is 0.179 e. The van der Waals surface area contributed by atoms with Gasteiger partial charge in [-0.15, -0.1) is 11.3 Å². The Morgan fingerprint density at radius 3 is 3.00 bits per heavy atom. The van der Waals surface area contributed by atoms with Gasteiger partial charge >= 0.3 is 0 Å². The SMILES string of the molecule is Cc1ccc(C2=NNC(C=S)N2N=Cc2cccs2)cn1. The first-order valence-electron chi connectivity index (χ1n) is 6.36. The number of pyridine rings is 1. The molecule has 21 heavy (non-hydrogen) atoms. The summed E-state index contributed by atoms with van der Waals surface area (Å²) in [6.07, 6.45) is 3.36. The van der Waals surface area contributed by atoms with Crippen molar-refractivity contribution >= 4 is 41.0 Å². The number of hydrogen-bond donors (Lipinski definition) is 1. The van der Waals surface area contributed by atoms with Crippen LogP contribution in [0.3, 0.4) is 0 Å². The number of thiocarbonyl (C=S) groups is 1. The predicted octanol–water partition coefficient (Wildman–Crippen LogP) is 2.38. The fourth-order valence-corrected chi connectivity index (χ4v) is 2.62. The first kappa shape index (κ1) is 13.8. The van der Waals surface area contributed by atoms with Crippen LogP contribution in [0.5, 0.6) is 0 Å². The van der Waals surface area contributed by atoms with Gasteiger partial charge in [0.15, 0.2) is 12.0 Å². The van der Waals surface area contributed by atoms with Gasteiger partial charge in [-0.2, -0.15) is 10.2 Å². The van der Waals surface area contributed by atoms with E-state index in [1.54, 1.807) is 34.1 Å². The third-order valence-electron chi connectivity index (χ3n) is 2.93. The molecular formula is C14H13N5S2. The van der Waals surface area contributed by atoms with Crippen LogP contribution in [0.1, 0.15) is 16.1 Å². The van der Waals surface area contributed by atoms with Gasteiger partial charge in [-0.1, -0.05) is 18.3 Å². The summed E-state index contributed by atoms with van der Waals surface area (Å²) in [5.41, 5.74) is 4.83. The number of nitrogens with zero attached hydrogens (tertiary/aromatic N) is 4. The summed E-state index contributed by atoms with van der Waals surface area (Å²) in [7, 11) is 0. The third kappa shape index (κ3) is 2.98. The minimum absolute atomic E-state index is 0.229. The number of amidine groups is 1. The molecular weight excluding hydrogens is 302 g/mol. The lowest BCUT2D eigenvalue weighted by Crippen LogP contribution is -2.37. The topological polar surface area (TPSA) is 52.9 Å². The fraction of sp³-hybridized carbons (Fsp3) is 0.143. The van der Waals surface area contributed by atoms with Gasteiger partial charge in [-0.3, -0.25) is 10.4 Å². The highest BCUT2D eigenvalue weighted by molar-refractivity contribution is 7.79. The van der Waals surface area contributed by atoms with Crippen molar-refractivity contribution in [2.75, 3.05) is 0 Å². The van der Waals surface area contributed by atoms with Crippen molar-refractivity contribution in [2.45, 2.75) is 13.1 Å². The maximum atomic E-state index is 5.04. The number of aromatic nitrogens is 1. The van der Waals surface area contributed by atoms with Crippen LogP contribution in [0.4, 0.5) is 0 Å². The lowest BCUT2D eigenvalue weighted by atomic mass is 10.2. The van der Waals surface area contributed by atoms with Crippen molar-refractivity contribution in [3.05, 3.63) is 52.0 Å². The zero-order valence-electron chi connectivity index (χ0n) is 11.3. The molecule has 106 valence electrons. The van der Waals surface area contributed by atoms with Gasteiger partial charge in [0.05, 0.1) is 6.21 Å². The van der Waals surface area contributed by atoms with Gasteiger partial charge in [0, 0.05) is 27.7 Å². The number of thiophene rings is 1. The first-order chi connectivity index (χ1) is 10.3. The zero-order chi connectivity index (χ0) is 14.7. The Kier molecular flexibility index (Phi) is 4.03. The highest BCUT2D eigenvalue weighted by atomic mass is 32.1. The van der Waals surface area contributed by atoms with Crippen LogP contribution >= 0.6 is 23.6 Å². The molecule has 0 saturated carbocycles. The smallest absolute Gasteiger partial charge is 0.179 e. The van der Waals surface area contributed by atoms with E-state index in [4.69, 9.17) is 12.2 Å². The van der Waals surface area contributed by atoms with E-state index in [-0.39, 0.29) is 6.17 Å². The van der Waals surface area contributed by atoms with E-state index in [1.807, 2.05) is 36.6 Å². The molecule has 2 aromatic heterocycles. The molecule has 1 aliphatic rings. The van der Waals surface area contributed by atoms with Crippen molar-refractivity contribution in [1.82, 2.24) is 15.4 Å². The number of hydrogen-bond acceptors (Lipinski definition) is 7. The Bertz CT molecular complexity index is 676. The van der Waals surface area contributed by atoms with Crippen LogP contribution in [0.15, 0.2) is 46.0 Å². The molecule has 2 aromatic rings. The van der Waals surface area contributed by atoms with Gasteiger partial charge in [-0.05, 0) is 30.5 Å². The van der Waals surface area contributed by atoms with Gasteiger partial charge in [0.1, 0.15) is 0 Å². The van der Waals surface area contributed by atoms with E-state index in [0.29, 0.717) is 5.84 Å². The Morgan fingerprint density at radius 1 is 1.43 bits per heavy atom. The second-order valence-electron chi connectivity index (χ2n) is 4.44. The standard InChI is InChI=1S/C14H13N5S2/c1-10-4-5-11(7-15-10)14-18-17-13(9-20)19(14)16-8-12-3-2-6-21-12/h2-9,13,17H,1H3. The summed E-state index contributed by atoms with van der Waals surface area (Å²) in [6.45, 7) is 1.95. The molecule has 1 aliphatic heterocycles. The van der Waals surface area contributed by atoms with Gasteiger partial charge in [0.2, 0.25) is 0 Å². The first-order valence-corrected chi connectivity index (χ1v) is 7.71. The Labute approximate surface area is 132 Å². The molecule has 1 atom stereocenters. The Morgan fingerprint density at radius 2 is 2.33 bits per heavy atom. The monoisotopic (exact) mass is 315 g/mol. The number of nitrogens with one attached hydrogen (secondary N) is 1. The molecule has 3 rings (SSSR count). The molecule has 0 bridgehead atoms. The highest BCUT2D eigenvalue weighted by Crippen LogP contribution is 2.14. The van der Waals surface area contributed by atoms with Gasteiger partial charge in [0.25, 0.3) is 0 Å². The molecule has 1 N–H and O–H groups in total. The second-order valence-corrected chi connectivity index (χ2v) is 5.69. The summed E-state index contributed by atoms with van der Waals surface area (Å²) in [4.78, 5) is 5.37. The van der Waals surface area contributed by atoms with E-state index in [1.165, 1.54) is 0 Å². The Balaban J connectivity index is 1.88. The number of aryl methyl sites for hydroxylation is 1. The summed E-state index contributed by atoms with van der Waals surface area (Å²) in [5, 5.41) is 14.2. The van der Waals surface area contributed by atoms with Crippen LogP contribution in [0.25, 0.3) is 0 Å². The highest BCUT2D eigenvalue weighted by Gasteiger charge is 2.26. The molecule has 0 aromatic carbocycles. The number of rotatable bonds is 4. The number of hydrazone groups is 2. The van der Waals surface area contributed by atoms with E-state index < -0.39 is 0 Å². The minimum atomic E-state index is -0.229. The molecule has 0 aliphatic carbocycles. The van der Waals surface area contributed by atoms with E-state index in [9.17, 15) is 0 Å². The molecule has 0 amide bonds. The van der Waals surface area contributed by atoms with Crippen molar-refractivity contribution < 1.29 is 0 Å². The lowest BCUT2D eigenvalue weighted by Gasteiger charge is -2.18. The molecule has 0 fully saturated rings. The molecule has 7 heteroatoms. The summed E-state index contributed by atoms with van der Waals surface area (Å²) in [5.74, 6) is 0.710. The quantitative estimate of drug-likeness (QED) is 0.695. The maximum absolute atomic E-state index is 5.04. The normalized spacial score (nSPS) is 17.9. The average molecular weight is 315 g/mol. The van der Waals surface area contributed by atoms with Crippen molar-refractivity contribution in [3.63, 3.8) is 0 Å². The minimum Gasteiger partial charge on any atom is -0.279 e. The van der Waals surface area contributed by atoms with Crippen LogP contribution in [-0.4, -0.2) is 33.6 Å². The molecule has 3 heterocycles. The zero-order valence-corrected chi connectivity index (χ0v) is 12.9. The van der Waals surface area contributed by atoms with Gasteiger partial charge in [-0.25, -0.2) is 5.01 Å². The van der Waals surface area contributed by atoms with Crippen molar-refractivity contribution in [1.29, 1.82) is 0 Å². The average Bonchev–Trinajstić information content (AvgIpc) is 3.15. The molecule has 0 saturated heterocycles. The molecule has 1 unspecified atom stereocenters. The largest absolute Gasteiger partial charge is 0.279 e. The van der Waals surface area contributed by atoms with Crippen LogP contribution in [0.2, 0.25) is 0 Å². The van der Waals surface area contributed by atoms with Gasteiger partial charge < -0.3 is 0 Å². The molecule has 5 nitrogen and oxygen atoms in total. The summed E-state index contributed by atoms with van der Waals surface area (Å²) in [6, 6.07) is 7.92. The van der Waals surface area contributed by atoms with E-state index in [0.717, 1.165) is 16.1 Å². The second kappa shape index (κ2) is 6.11. The Hall–Kier alpha value is -2.12. The molecule has 0 radical (unpaired) electrons. The van der Waals surface area contributed by atoms with E-state index >= 15 is 0 Å². The van der Waals surface area contributed by atoms with Crippen LogP contribution in [0, 0.1) is 6.92 Å². The summed E-state index contributed by atoms with van der Waals surface area (Å²) >= 11 is 6.67. The molecule has 0 spiro atoms. The van der Waals surface area contributed by atoms with Crippen LogP contribution < -0.4 is 5.43 Å². The predicted molar refractivity (Wildman–Crippen MR) is 89.8 cm³/mol. The van der Waals surface area contributed by atoms with Crippen molar-refractivity contribution in [3.8, 4) is 0 Å².